The Morgan fingerprint density at radius 3 is 2.67 bits per heavy atom. The Hall–Kier alpha value is -1.96. The summed E-state index contributed by atoms with van der Waals surface area (Å²) in [7, 11) is 0. The first-order chi connectivity index (χ1) is 11.5. The molecule has 0 aliphatic heterocycles. The Kier molecular flexibility index (Phi) is 6.72. The van der Waals surface area contributed by atoms with Crippen LogP contribution in [0.15, 0.2) is 23.0 Å². The summed E-state index contributed by atoms with van der Waals surface area (Å²) in [6.07, 6.45) is 7.90. The second kappa shape index (κ2) is 8.77. The SMILES string of the molecule is CCNC(=O)[C@@H](S)CC(=O)Nc1cc(=O)[nH]n1C1CCC=CCC1. The third kappa shape index (κ3) is 5.02. The van der Waals surface area contributed by atoms with Gasteiger partial charge < -0.3 is 10.6 Å². The molecule has 1 atom stereocenters. The van der Waals surface area contributed by atoms with Gasteiger partial charge in [-0.05, 0) is 32.6 Å². The zero-order chi connectivity index (χ0) is 17.5. The van der Waals surface area contributed by atoms with E-state index in [4.69, 9.17) is 0 Å². The number of thiol groups is 1. The van der Waals surface area contributed by atoms with E-state index in [9.17, 15) is 14.4 Å². The first-order valence-electron chi connectivity index (χ1n) is 8.23. The smallest absolute Gasteiger partial charge is 0.266 e. The van der Waals surface area contributed by atoms with Gasteiger partial charge in [-0.25, -0.2) is 0 Å². The summed E-state index contributed by atoms with van der Waals surface area (Å²) in [5, 5.41) is 7.39. The van der Waals surface area contributed by atoms with Crippen molar-refractivity contribution in [3.05, 3.63) is 28.6 Å². The molecule has 7 nitrogen and oxygen atoms in total. The Labute approximate surface area is 146 Å². The molecule has 24 heavy (non-hydrogen) atoms. The normalized spacial score (nSPS) is 16.4. The van der Waals surface area contributed by atoms with E-state index in [0.717, 1.165) is 25.7 Å². The van der Waals surface area contributed by atoms with Crippen LogP contribution in [0.5, 0.6) is 0 Å². The van der Waals surface area contributed by atoms with Crippen LogP contribution < -0.4 is 16.2 Å². The van der Waals surface area contributed by atoms with Crippen molar-refractivity contribution in [1.29, 1.82) is 0 Å². The number of hydrogen-bond acceptors (Lipinski definition) is 4. The van der Waals surface area contributed by atoms with Crippen LogP contribution in [0.1, 0.15) is 45.1 Å². The Balaban J connectivity index is 2.03. The van der Waals surface area contributed by atoms with Gasteiger partial charge in [-0.2, -0.15) is 12.6 Å². The van der Waals surface area contributed by atoms with E-state index in [0.29, 0.717) is 12.4 Å². The van der Waals surface area contributed by atoms with Gasteiger partial charge in [0.15, 0.2) is 0 Å². The van der Waals surface area contributed by atoms with Crippen LogP contribution in [0.3, 0.4) is 0 Å². The topological polar surface area (TPSA) is 96.0 Å². The molecule has 0 unspecified atom stereocenters. The Morgan fingerprint density at radius 2 is 2.04 bits per heavy atom. The van der Waals surface area contributed by atoms with Crippen molar-refractivity contribution in [2.24, 2.45) is 0 Å². The van der Waals surface area contributed by atoms with Gasteiger partial charge in [-0.3, -0.25) is 24.2 Å². The van der Waals surface area contributed by atoms with Crippen molar-refractivity contribution in [3.63, 3.8) is 0 Å². The van der Waals surface area contributed by atoms with Crippen molar-refractivity contribution in [2.45, 2.75) is 50.3 Å². The average Bonchev–Trinajstić information content (AvgIpc) is 2.75. The largest absolute Gasteiger partial charge is 0.355 e. The first kappa shape index (κ1) is 18.4. The van der Waals surface area contributed by atoms with Crippen LogP contribution in [0.4, 0.5) is 5.82 Å². The minimum Gasteiger partial charge on any atom is -0.355 e. The van der Waals surface area contributed by atoms with Gasteiger partial charge in [0.2, 0.25) is 11.8 Å². The van der Waals surface area contributed by atoms with E-state index in [2.05, 4.69) is 40.5 Å². The minimum absolute atomic E-state index is 0.0550. The summed E-state index contributed by atoms with van der Waals surface area (Å²) >= 11 is 4.15. The molecule has 3 N–H and O–H groups in total. The van der Waals surface area contributed by atoms with E-state index in [1.54, 1.807) is 11.6 Å². The summed E-state index contributed by atoms with van der Waals surface area (Å²) in [6, 6.07) is 1.50. The lowest BCUT2D eigenvalue weighted by molar-refractivity contribution is -0.123. The van der Waals surface area contributed by atoms with Crippen LogP contribution in [-0.2, 0) is 9.59 Å². The maximum atomic E-state index is 12.2. The monoisotopic (exact) mass is 352 g/mol. The van der Waals surface area contributed by atoms with Crippen molar-refractivity contribution in [2.75, 3.05) is 11.9 Å². The highest BCUT2D eigenvalue weighted by molar-refractivity contribution is 7.81. The molecule has 0 bridgehead atoms. The highest BCUT2D eigenvalue weighted by atomic mass is 32.1. The number of carbonyl (C=O) groups is 2. The predicted octanol–water partition coefficient (Wildman–Crippen LogP) is 1.61. The summed E-state index contributed by atoms with van der Waals surface area (Å²) < 4.78 is 1.73. The number of anilines is 1. The third-order valence-corrected chi connectivity index (χ3v) is 4.34. The molecule has 0 saturated carbocycles. The van der Waals surface area contributed by atoms with E-state index in [-0.39, 0.29) is 29.8 Å². The number of allylic oxidation sites excluding steroid dienone is 2. The van der Waals surface area contributed by atoms with Gasteiger partial charge in [-0.15, -0.1) is 0 Å². The first-order valence-corrected chi connectivity index (χ1v) is 8.75. The highest BCUT2D eigenvalue weighted by Gasteiger charge is 2.20. The maximum absolute atomic E-state index is 12.2. The second-order valence-corrected chi connectivity index (χ2v) is 6.44. The van der Waals surface area contributed by atoms with Crippen molar-refractivity contribution >= 4 is 30.3 Å². The standard InChI is InChI=1S/C16H24N4O3S/c1-2-17-16(23)12(24)9-14(21)18-13-10-15(22)19-20(13)11-7-5-3-4-6-8-11/h3-4,10-12,24H,2,5-9H2,1H3,(H,17,23)(H,18,21)(H,19,22)/t12-/m0/s1. The van der Waals surface area contributed by atoms with Gasteiger partial charge in [0.1, 0.15) is 5.82 Å². The summed E-state index contributed by atoms with van der Waals surface area (Å²) in [5.74, 6) is -0.189. The number of nitrogens with zero attached hydrogens (tertiary/aromatic N) is 1. The average molecular weight is 352 g/mol. The molecule has 1 aliphatic rings. The van der Waals surface area contributed by atoms with Gasteiger partial charge in [-0.1, -0.05) is 12.2 Å². The second-order valence-electron chi connectivity index (χ2n) is 5.82. The number of rotatable bonds is 6. The number of aromatic amines is 1. The van der Waals surface area contributed by atoms with Crippen LogP contribution in [-0.4, -0.2) is 33.4 Å². The number of aromatic nitrogens is 2. The lowest BCUT2D eigenvalue weighted by Crippen LogP contribution is -2.34. The summed E-state index contributed by atoms with van der Waals surface area (Å²) in [5.41, 5.74) is -0.256. The molecule has 8 heteroatoms. The van der Waals surface area contributed by atoms with Crippen molar-refractivity contribution in [1.82, 2.24) is 15.1 Å². The zero-order valence-corrected chi connectivity index (χ0v) is 14.6. The van der Waals surface area contributed by atoms with Gasteiger partial charge in [0.25, 0.3) is 5.56 Å². The summed E-state index contributed by atoms with van der Waals surface area (Å²) in [4.78, 5) is 35.5. The molecule has 2 rings (SSSR count). The number of carbonyl (C=O) groups excluding carboxylic acids is 2. The fourth-order valence-electron chi connectivity index (χ4n) is 2.76. The number of hydrogen-bond donors (Lipinski definition) is 4. The van der Waals surface area contributed by atoms with Gasteiger partial charge in [0.05, 0.1) is 11.3 Å². The van der Waals surface area contributed by atoms with E-state index < -0.39 is 5.25 Å². The molecule has 0 fully saturated rings. The van der Waals surface area contributed by atoms with Crippen molar-refractivity contribution in [3.8, 4) is 0 Å². The molecule has 1 aromatic rings. The molecule has 2 amide bonds. The van der Waals surface area contributed by atoms with Gasteiger partial charge in [0, 0.05) is 19.0 Å². The Morgan fingerprint density at radius 1 is 1.38 bits per heavy atom. The quantitative estimate of drug-likeness (QED) is 0.463. The number of amides is 2. The molecular formula is C16H24N4O3S. The molecule has 0 saturated heterocycles. The number of nitrogens with one attached hydrogen (secondary N) is 3. The molecule has 0 spiro atoms. The number of H-pyrrole nitrogens is 1. The molecule has 0 radical (unpaired) electrons. The zero-order valence-electron chi connectivity index (χ0n) is 13.7. The summed E-state index contributed by atoms with van der Waals surface area (Å²) in [6.45, 7) is 2.29. The van der Waals surface area contributed by atoms with E-state index >= 15 is 0 Å². The van der Waals surface area contributed by atoms with Crippen LogP contribution in [0, 0.1) is 0 Å². The van der Waals surface area contributed by atoms with Crippen molar-refractivity contribution < 1.29 is 9.59 Å². The van der Waals surface area contributed by atoms with Crippen LogP contribution >= 0.6 is 12.6 Å². The molecule has 132 valence electrons. The third-order valence-electron chi connectivity index (χ3n) is 3.92. The minimum atomic E-state index is -0.717. The maximum Gasteiger partial charge on any atom is 0.266 e. The van der Waals surface area contributed by atoms with E-state index in [1.165, 1.54) is 6.07 Å². The van der Waals surface area contributed by atoms with Crippen LogP contribution in [0.25, 0.3) is 0 Å². The fourth-order valence-corrected chi connectivity index (χ4v) is 3.02. The lowest BCUT2D eigenvalue weighted by Gasteiger charge is -2.19. The van der Waals surface area contributed by atoms with Gasteiger partial charge >= 0.3 is 0 Å². The van der Waals surface area contributed by atoms with Crippen LogP contribution in [0.2, 0.25) is 0 Å². The predicted molar refractivity (Wildman–Crippen MR) is 96.4 cm³/mol. The molecule has 1 aromatic heterocycles. The highest BCUT2D eigenvalue weighted by Crippen LogP contribution is 2.25. The molecule has 1 heterocycles. The lowest BCUT2D eigenvalue weighted by atomic mass is 10.1. The molecule has 0 aromatic carbocycles. The fraction of sp³-hybridized carbons (Fsp3) is 0.562. The Bertz CT molecular complexity index is 655. The van der Waals surface area contributed by atoms with E-state index in [1.807, 2.05) is 0 Å². The molecular weight excluding hydrogens is 328 g/mol. The molecule has 1 aliphatic carbocycles.